The number of ether oxygens (including phenoxy) is 3. The lowest BCUT2D eigenvalue weighted by molar-refractivity contribution is -0.200. The van der Waals surface area contributed by atoms with Gasteiger partial charge in [-0.15, -0.1) is 0 Å². The third kappa shape index (κ3) is 4.32. The molecule has 0 N–H and O–H groups in total. The van der Waals surface area contributed by atoms with Gasteiger partial charge in [0.25, 0.3) is 0 Å². The fraction of sp³-hybridized carbons (Fsp3) is 0.632. The van der Waals surface area contributed by atoms with E-state index in [0.29, 0.717) is 6.61 Å². The van der Waals surface area contributed by atoms with Crippen molar-refractivity contribution in [3.8, 4) is 5.75 Å². The molecule has 2 heterocycles. The fourth-order valence-corrected chi connectivity index (χ4v) is 3.62. The predicted octanol–water partition coefficient (Wildman–Crippen LogP) is 1.53. The number of methoxy groups -OCH3 is 1. The summed E-state index contributed by atoms with van der Waals surface area (Å²) in [4.78, 5) is 15.6. The van der Waals surface area contributed by atoms with E-state index in [2.05, 4.69) is 11.0 Å². The number of hydrogen-bond donors (Lipinski definition) is 0. The molecule has 6 nitrogen and oxygen atoms in total. The zero-order chi connectivity index (χ0) is 17.9. The molecule has 0 aliphatic carbocycles. The van der Waals surface area contributed by atoms with Crippen LogP contribution in [0.25, 0.3) is 0 Å². The molecule has 1 atom stereocenters. The average Bonchev–Trinajstić information content (AvgIpc) is 2.59. The summed E-state index contributed by atoms with van der Waals surface area (Å²) in [6.45, 7) is 3.50. The maximum atomic E-state index is 11.7. The number of benzene rings is 1. The summed E-state index contributed by atoms with van der Waals surface area (Å²) < 4.78 is 17.3. The van der Waals surface area contributed by atoms with Gasteiger partial charge >= 0.3 is 0 Å². The van der Waals surface area contributed by atoms with Gasteiger partial charge in [0, 0.05) is 52.3 Å². The number of nitrogens with zero attached hydrogens (tertiary/aromatic N) is 2. The first-order valence-electron chi connectivity index (χ1n) is 8.81. The third-order valence-electron chi connectivity index (χ3n) is 5.00. The largest absolute Gasteiger partial charge is 0.496 e. The van der Waals surface area contributed by atoms with Crippen LogP contribution >= 0.6 is 0 Å². The van der Waals surface area contributed by atoms with Gasteiger partial charge in [-0.2, -0.15) is 0 Å². The van der Waals surface area contributed by atoms with E-state index in [-0.39, 0.29) is 24.2 Å². The molecule has 25 heavy (non-hydrogen) atoms. The summed E-state index contributed by atoms with van der Waals surface area (Å²) in [6, 6.07) is 8.12. The van der Waals surface area contributed by atoms with Crippen molar-refractivity contribution in [2.24, 2.45) is 0 Å². The van der Waals surface area contributed by atoms with Gasteiger partial charge in [0.2, 0.25) is 5.91 Å². The van der Waals surface area contributed by atoms with E-state index in [1.807, 2.05) is 18.2 Å². The van der Waals surface area contributed by atoms with Gasteiger partial charge in [0.1, 0.15) is 12.4 Å². The minimum Gasteiger partial charge on any atom is -0.496 e. The zero-order valence-electron chi connectivity index (χ0n) is 15.4. The molecule has 1 spiro atoms. The van der Waals surface area contributed by atoms with Crippen molar-refractivity contribution in [3.05, 3.63) is 29.8 Å². The fourth-order valence-electron chi connectivity index (χ4n) is 3.62. The van der Waals surface area contributed by atoms with E-state index >= 15 is 0 Å². The minimum atomic E-state index is -0.119. The van der Waals surface area contributed by atoms with Crippen LogP contribution in [0.1, 0.15) is 18.4 Å². The highest BCUT2D eigenvalue weighted by atomic mass is 16.5. The van der Waals surface area contributed by atoms with E-state index in [1.165, 1.54) is 5.56 Å². The highest BCUT2D eigenvalue weighted by Gasteiger charge is 2.47. The second-order valence-electron chi connectivity index (χ2n) is 7.20. The molecule has 2 aliphatic rings. The molecule has 1 aromatic carbocycles. The Balaban J connectivity index is 1.49. The quantitative estimate of drug-likeness (QED) is 0.780. The molecule has 0 saturated carbocycles. The molecule has 0 bridgehead atoms. The molecule has 0 radical (unpaired) electrons. The number of para-hydroxylation sites is 1. The summed E-state index contributed by atoms with van der Waals surface area (Å²) in [7, 11) is 5.20. The summed E-state index contributed by atoms with van der Waals surface area (Å²) in [5, 5.41) is 0. The van der Waals surface area contributed by atoms with Crippen LogP contribution in [-0.4, -0.2) is 74.9 Å². The van der Waals surface area contributed by atoms with Crippen LogP contribution in [-0.2, 0) is 20.8 Å². The van der Waals surface area contributed by atoms with E-state index in [9.17, 15) is 4.79 Å². The lowest BCUT2D eigenvalue weighted by Crippen LogP contribution is -2.65. The SMILES string of the molecule is COc1ccccc1CN1CC2(C[C@H](OCC(=O)N(C)C)CCO2)C1. The van der Waals surface area contributed by atoms with Crippen molar-refractivity contribution in [1.29, 1.82) is 0 Å². The molecule has 2 fully saturated rings. The molecule has 1 amide bonds. The lowest BCUT2D eigenvalue weighted by atomic mass is 9.84. The van der Waals surface area contributed by atoms with Gasteiger partial charge in [-0.1, -0.05) is 18.2 Å². The Morgan fingerprint density at radius 1 is 1.36 bits per heavy atom. The normalized spacial score (nSPS) is 22.4. The van der Waals surface area contributed by atoms with Crippen molar-refractivity contribution >= 4 is 5.91 Å². The first-order valence-corrected chi connectivity index (χ1v) is 8.81. The van der Waals surface area contributed by atoms with Gasteiger partial charge in [0.15, 0.2) is 0 Å². The Morgan fingerprint density at radius 3 is 2.84 bits per heavy atom. The van der Waals surface area contributed by atoms with Crippen LogP contribution in [0.4, 0.5) is 0 Å². The van der Waals surface area contributed by atoms with Crippen LogP contribution in [0.2, 0.25) is 0 Å². The van der Waals surface area contributed by atoms with Crippen LogP contribution < -0.4 is 4.74 Å². The number of hydrogen-bond acceptors (Lipinski definition) is 5. The van der Waals surface area contributed by atoms with Gasteiger partial charge in [0.05, 0.1) is 18.8 Å². The molecule has 1 aromatic rings. The van der Waals surface area contributed by atoms with Gasteiger partial charge in [-0.05, 0) is 12.5 Å². The maximum Gasteiger partial charge on any atom is 0.248 e. The molecule has 3 rings (SSSR count). The molecule has 0 aromatic heterocycles. The average molecular weight is 348 g/mol. The molecular formula is C19H28N2O4. The van der Waals surface area contributed by atoms with E-state index < -0.39 is 0 Å². The van der Waals surface area contributed by atoms with E-state index in [0.717, 1.165) is 38.2 Å². The van der Waals surface area contributed by atoms with Crippen LogP contribution in [0.5, 0.6) is 5.75 Å². The van der Waals surface area contributed by atoms with Crippen molar-refractivity contribution < 1.29 is 19.0 Å². The molecule has 6 heteroatoms. The molecule has 138 valence electrons. The van der Waals surface area contributed by atoms with Gasteiger partial charge in [-0.3, -0.25) is 9.69 Å². The maximum absolute atomic E-state index is 11.7. The van der Waals surface area contributed by atoms with Crippen molar-refractivity contribution in [2.45, 2.75) is 31.1 Å². The third-order valence-corrected chi connectivity index (χ3v) is 5.00. The summed E-state index contributed by atoms with van der Waals surface area (Å²) >= 11 is 0. The zero-order valence-corrected chi connectivity index (χ0v) is 15.4. The second-order valence-corrected chi connectivity index (χ2v) is 7.20. The molecule has 2 aliphatic heterocycles. The first-order chi connectivity index (χ1) is 12.0. The Bertz CT molecular complexity index is 599. The first kappa shape index (κ1) is 18.2. The Morgan fingerprint density at radius 2 is 2.12 bits per heavy atom. The monoisotopic (exact) mass is 348 g/mol. The van der Waals surface area contributed by atoms with E-state index in [4.69, 9.17) is 14.2 Å². The summed E-state index contributed by atoms with van der Waals surface area (Å²) in [5.41, 5.74) is 1.08. The topological polar surface area (TPSA) is 51.2 Å². The van der Waals surface area contributed by atoms with Crippen LogP contribution in [0.15, 0.2) is 24.3 Å². The standard InChI is InChI=1S/C19H28N2O4/c1-20(2)18(22)12-24-16-8-9-25-19(10-16)13-21(14-19)11-15-6-4-5-7-17(15)23-3/h4-7,16H,8-14H2,1-3H3/t16-/m1/s1. The van der Waals surface area contributed by atoms with Crippen LogP contribution in [0, 0.1) is 0 Å². The molecule has 2 saturated heterocycles. The lowest BCUT2D eigenvalue weighted by Gasteiger charge is -2.53. The number of carbonyl (C=O) groups is 1. The van der Waals surface area contributed by atoms with Crippen LogP contribution in [0.3, 0.4) is 0 Å². The second kappa shape index (κ2) is 7.72. The Labute approximate surface area is 149 Å². The number of rotatable bonds is 6. The van der Waals surface area contributed by atoms with Crippen molar-refractivity contribution in [1.82, 2.24) is 9.80 Å². The molecular weight excluding hydrogens is 320 g/mol. The number of amides is 1. The highest BCUT2D eigenvalue weighted by Crippen LogP contribution is 2.36. The van der Waals surface area contributed by atoms with Gasteiger partial charge in [-0.25, -0.2) is 0 Å². The highest BCUT2D eigenvalue weighted by molar-refractivity contribution is 5.76. The minimum absolute atomic E-state index is 0.00644. The van der Waals surface area contributed by atoms with Crippen molar-refractivity contribution in [2.75, 3.05) is 47.5 Å². The summed E-state index contributed by atoms with van der Waals surface area (Å²) in [5.74, 6) is 0.934. The van der Waals surface area contributed by atoms with Gasteiger partial charge < -0.3 is 19.1 Å². The van der Waals surface area contributed by atoms with E-state index in [1.54, 1.807) is 26.1 Å². The number of likely N-dealkylation sites (N-methyl/N-ethyl adjacent to an activating group) is 1. The number of likely N-dealkylation sites (tertiary alicyclic amines) is 1. The Kier molecular flexibility index (Phi) is 5.61. The predicted molar refractivity (Wildman–Crippen MR) is 94.6 cm³/mol. The molecule has 0 unspecified atom stereocenters. The number of carbonyl (C=O) groups excluding carboxylic acids is 1. The van der Waals surface area contributed by atoms with Crippen molar-refractivity contribution in [3.63, 3.8) is 0 Å². The Hall–Kier alpha value is -1.63. The summed E-state index contributed by atoms with van der Waals surface area (Å²) in [6.07, 6.45) is 1.82. The smallest absolute Gasteiger partial charge is 0.248 e.